The van der Waals surface area contributed by atoms with Gasteiger partial charge >= 0.3 is 6.16 Å². The van der Waals surface area contributed by atoms with Crippen LogP contribution in [0.5, 0.6) is 40.2 Å². The first-order valence-corrected chi connectivity index (χ1v) is 39.2. The van der Waals surface area contributed by atoms with Gasteiger partial charge in [0.15, 0.2) is 18.9 Å². The fraction of sp³-hybridized carbons (Fsp3) is 0.533. The second-order valence-electron chi connectivity index (χ2n) is 28.9. The molecule has 1 heterocycles. The van der Waals surface area contributed by atoms with Crippen molar-refractivity contribution in [3.63, 3.8) is 0 Å². The average molecular weight is 1430 g/mol. The summed E-state index contributed by atoms with van der Waals surface area (Å²) in [7, 11) is 0. The standard InChI is InChI=1S/C18H28O2.C15H22O3.C15H22O2.C14H22O2.3C10H14O/c1-4-14(2)16-10-12-18(13-11-16)20-15(3)19-17-8-6-5-7-9-17;1-6-11(2)12-7-9-13(10-8-12)17-14(16)18-15(3,4)5;1-3-12(2)13-7-9-14(10-8-13)17-15-6-4-5-11-16-15;1-5-11(3)13-7-9-14(10-8-13)16-12(4)15-6-2;3*1-3-8(2)9-4-6-10(11)7-5-9/h10-15,17H,4-9H2,1-3H3;7-11H,6H2,1-5H3;7-10,12,15H,3-6,11H2,1-2H3;7-12H,5-6H2,1-4H3;3*4-8,11H,3H2,1-2H3. The van der Waals surface area contributed by atoms with Gasteiger partial charge in [0, 0.05) is 13.0 Å². The minimum Gasteiger partial charge on any atom is -0.508 e. The van der Waals surface area contributed by atoms with Crippen LogP contribution in [-0.2, 0) is 18.9 Å². The summed E-state index contributed by atoms with van der Waals surface area (Å²) >= 11 is 0. The van der Waals surface area contributed by atoms with Crippen LogP contribution in [0.4, 0.5) is 4.79 Å². The lowest BCUT2D eigenvalue weighted by Crippen LogP contribution is -2.26. The van der Waals surface area contributed by atoms with Crippen molar-refractivity contribution in [1.29, 1.82) is 0 Å². The quantitative estimate of drug-likeness (QED) is 0.0284. The summed E-state index contributed by atoms with van der Waals surface area (Å²) in [5, 5.41) is 27.0. The molecule has 12 heteroatoms. The van der Waals surface area contributed by atoms with Gasteiger partial charge in [-0.3, -0.25) is 0 Å². The summed E-state index contributed by atoms with van der Waals surface area (Å²) in [6.45, 7) is 43.5. The Morgan fingerprint density at radius 2 is 0.673 bits per heavy atom. The van der Waals surface area contributed by atoms with Crippen LogP contribution >= 0.6 is 0 Å². The van der Waals surface area contributed by atoms with Gasteiger partial charge in [-0.15, -0.1) is 0 Å². The van der Waals surface area contributed by atoms with Gasteiger partial charge in [0.25, 0.3) is 0 Å². The molecular formula is C92H136O12. The second-order valence-corrected chi connectivity index (χ2v) is 28.9. The minimum atomic E-state index is -0.668. The fourth-order valence-corrected chi connectivity index (χ4v) is 11.0. The first kappa shape index (κ1) is 90.7. The Hall–Kier alpha value is -7.51. The molecule has 0 amide bonds. The van der Waals surface area contributed by atoms with Gasteiger partial charge in [-0.25, -0.2) is 4.79 Å². The van der Waals surface area contributed by atoms with Gasteiger partial charge in [-0.1, -0.05) is 201 Å². The smallest absolute Gasteiger partial charge is 0.508 e. The van der Waals surface area contributed by atoms with E-state index in [9.17, 15) is 4.79 Å². The maximum Gasteiger partial charge on any atom is 0.514 e. The lowest BCUT2D eigenvalue weighted by atomic mass is 9.98. The molecule has 1 saturated carbocycles. The van der Waals surface area contributed by atoms with Crippen LogP contribution in [-0.4, -0.2) is 65.3 Å². The molecule has 3 N–H and O–H groups in total. The van der Waals surface area contributed by atoms with Crippen LogP contribution in [0.3, 0.4) is 0 Å². The number of ether oxygens (including phenoxy) is 8. The number of hydrogen-bond acceptors (Lipinski definition) is 12. The third-order valence-corrected chi connectivity index (χ3v) is 19.4. The predicted octanol–water partition coefficient (Wildman–Crippen LogP) is 26.6. The van der Waals surface area contributed by atoms with Crippen LogP contribution in [0.15, 0.2) is 170 Å². The van der Waals surface area contributed by atoms with Crippen molar-refractivity contribution in [1.82, 2.24) is 0 Å². The van der Waals surface area contributed by atoms with E-state index in [2.05, 4.69) is 158 Å². The summed E-state index contributed by atoms with van der Waals surface area (Å²) in [6, 6.07) is 55.0. The molecule has 2 fully saturated rings. The van der Waals surface area contributed by atoms with Crippen LogP contribution in [0.2, 0.25) is 0 Å². The Labute approximate surface area is 629 Å². The number of phenolic OH excluding ortho intramolecular Hbond substituents is 3. The van der Waals surface area contributed by atoms with Gasteiger partial charge in [-0.05, 0) is 277 Å². The third-order valence-electron chi connectivity index (χ3n) is 19.4. The molecule has 0 radical (unpaired) electrons. The first-order valence-electron chi connectivity index (χ1n) is 39.2. The zero-order chi connectivity index (χ0) is 77.0. The molecule has 7 aromatic carbocycles. The number of carbonyl (C=O) groups excluding carboxylic acids is 1. The molecule has 12 nitrogen and oxygen atoms in total. The van der Waals surface area contributed by atoms with Gasteiger partial charge in [0.05, 0.1) is 12.7 Å². The van der Waals surface area contributed by atoms with Crippen molar-refractivity contribution in [3.8, 4) is 40.2 Å². The molecule has 9 rings (SSSR count). The van der Waals surface area contributed by atoms with E-state index in [4.69, 9.17) is 53.2 Å². The van der Waals surface area contributed by atoms with Gasteiger partial charge in [0.1, 0.15) is 45.8 Å². The monoisotopic (exact) mass is 1430 g/mol. The van der Waals surface area contributed by atoms with Crippen molar-refractivity contribution < 1.29 is 58.0 Å². The normalized spacial score (nSPS) is 15.9. The Bertz CT molecular complexity index is 3140. The first-order chi connectivity index (χ1) is 49.7. The van der Waals surface area contributed by atoms with E-state index in [0.717, 1.165) is 68.8 Å². The highest BCUT2D eigenvalue weighted by Crippen LogP contribution is 2.30. The van der Waals surface area contributed by atoms with E-state index in [0.29, 0.717) is 77.1 Å². The van der Waals surface area contributed by atoms with Crippen LogP contribution in [0.1, 0.15) is 315 Å². The molecule has 0 spiro atoms. The Morgan fingerprint density at radius 1 is 0.385 bits per heavy atom. The fourth-order valence-electron chi connectivity index (χ4n) is 11.0. The zero-order valence-corrected chi connectivity index (χ0v) is 67.6. The summed E-state index contributed by atoms with van der Waals surface area (Å²) < 4.78 is 44.3. The largest absolute Gasteiger partial charge is 0.514 e. The van der Waals surface area contributed by atoms with Crippen LogP contribution in [0, 0.1) is 0 Å². The summed E-state index contributed by atoms with van der Waals surface area (Å²) in [5.74, 6) is 8.37. The summed E-state index contributed by atoms with van der Waals surface area (Å²) in [6.07, 6.45) is 17.0. The van der Waals surface area contributed by atoms with Crippen molar-refractivity contribution in [2.24, 2.45) is 0 Å². The van der Waals surface area contributed by atoms with Gasteiger partial charge in [0.2, 0.25) is 0 Å². The summed E-state index contributed by atoms with van der Waals surface area (Å²) in [4.78, 5) is 11.5. The summed E-state index contributed by atoms with van der Waals surface area (Å²) in [5.41, 5.74) is 8.72. The van der Waals surface area contributed by atoms with Crippen molar-refractivity contribution in [2.45, 2.75) is 307 Å². The zero-order valence-electron chi connectivity index (χ0n) is 67.6. The minimum absolute atomic E-state index is 0.0433. The highest BCUT2D eigenvalue weighted by atomic mass is 16.7. The van der Waals surface area contributed by atoms with E-state index in [1.165, 1.54) is 90.3 Å². The molecule has 1 aliphatic carbocycles. The number of benzene rings is 7. The molecule has 10 atom stereocenters. The van der Waals surface area contributed by atoms with E-state index in [-0.39, 0.29) is 18.9 Å². The average Bonchev–Trinajstić information content (AvgIpc) is 0.953. The van der Waals surface area contributed by atoms with Crippen molar-refractivity contribution in [2.75, 3.05) is 13.2 Å². The van der Waals surface area contributed by atoms with Crippen LogP contribution in [0.25, 0.3) is 0 Å². The number of carbonyl (C=O) groups is 1. The van der Waals surface area contributed by atoms with E-state index >= 15 is 0 Å². The molecule has 576 valence electrons. The predicted molar refractivity (Wildman–Crippen MR) is 432 cm³/mol. The lowest BCUT2D eigenvalue weighted by Gasteiger charge is -2.26. The maximum absolute atomic E-state index is 11.5. The maximum atomic E-state index is 11.5. The molecule has 1 saturated heterocycles. The molecule has 1 aliphatic heterocycles. The highest BCUT2D eigenvalue weighted by molar-refractivity contribution is 5.64. The van der Waals surface area contributed by atoms with Gasteiger partial charge < -0.3 is 53.2 Å². The van der Waals surface area contributed by atoms with Crippen molar-refractivity contribution in [3.05, 3.63) is 209 Å². The number of rotatable bonds is 25. The molecule has 2 aliphatic rings. The van der Waals surface area contributed by atoms with E-state index < -0.39 is 11.8 Å². The highest BCUT2D eigenvalue weighted by Gasteiger charge is 2.20. The topological polar surface area (TPSA) is 152 Å². The van der Waals surface area contributed by atoms with Crippen LogP contribution < -0.4 is 18.9 Å². The van der Waals surface area contributed by atoms with E-state index in [1.54, 1.807) is 69.3 Å². The second kappa shape index (κ2) is 50.8. The van der Waals surface area contributed by atoms with E-state index in [1.807, 2.05) is 81.4 Å². The molecular weight excluding hydrogens is 1300 g/mol. The molecule has 0 bridgehead atoms. The Morgan fingerprint density at radius 3 is 0.962 bits per heavy atom. The SMILES string of the molecule is CCC(C)c1ccc(O)cc1.CCC(C)c1ccc(O)cc1.CCC(C)c1ccc(O)cc1.CCC(C)c1ccc(OC(=O)OC(C)(C)C)cc1.CCC(C)c1ccc(OC(C)OC2CCCCC2)cc1.CCC(C)c1ccc(OC2CCCCO2)cc1.CCOC(C)Oc1ccc(C(C)CC)cc1. The molecule has 7 aromatic rings. The molecule has 10 unspecified atom stereocenters. The Balaban J connectivity index is 0.000000319. The number of phenols is 3. The number of hydrogen-bond donors (Lipinski definition) is 3. The molecule has 0 aromatic heterocycles. The molecule has 104 heavy (non-hydrogen) atoms. The number of aromatic hydroxyl groups is 3. The third kappa shape index (κ3) is 37.5. The Kier molecular flexibility index (Phi) is 44.3. The van der Waals surface area contributed by atoms with Crippen molar-refractivity contribution >= 4 is 6.16 Å². The van der Waals surface area contributed by atoms with Gasteiger partial charge in [-0.2, -0.15) is 0 Å². The lowest BCUT2D eigenvalue weighted by molar-refractivity contribution is -0.116.